The summed E-state index contributed by atoms with van der Waals surface area (Å²) in [6, 6.07) is 0. The van der Waals surface area contributed by atoms with Crippen LogP contribution in [-0.2, 0) is 9.53 Å². The van der Waals surface area contributed by atoms with Gasteiger partial charge >= 0.3 is 5.97 Å². The minimum atomic E-state index is -0.319. The van der Waals surface area contributed by atoms with Crippen molar-refractivity contribution in [3.8, 4) is 0 Å². The molecule has 0 heterocycles. The number of nitrogens with zero attached hydrogens (tertiary/aromatic N) is 1. The van der Waals surface area contributed by atoms with Gasteiger partial charge in [-0.05, 0) is 12.8 Å². The van der Waals surface area contributed by atoms with Crippen LogP contribution in [0.3, 0.4) is 0 Å². The lowest BCUT2D eigenvalue weighted by molar-refractivity contribution is -0.890. The van der Waals surface area contributed by atoms with Crippen molar-refractivity contribution in [2.24, 2.45) is 0 Å². The fourth-order valence-electron chi connectivity index (χ4n) is 2.94. The molecular formula is C21H42ClNO2. The van der Waals surface area contributed by atoms with Crippen LogP contribution in [0.5, 0.6) is 0 Å². The summed E-state index contributed by atoms with van der Waals surface area (Å²) in [5.41, 5.74) is 0. The summed E-state index contributed by atoms with van der Waals surface area (Å²) in [6.45, 7) is 8.20. The minimum Gasteiger partial charge on any atom is -1.00 e. The van der Waals surface area contributed by atoms with E-state index in [4.69, 9.17) is 4.74 Å². The molecule has 150 valence electrons. The van der Waals surface area contributed by atoms with Crippen LogP contribution in [0.1, 0.15) is 84.0 Å². The third kappa shape index (κ3) is 19.6. The SMILES string of the molecule is C=CC(=O)OCC[N+](C)(C)CCCCCCCCCCCCCC.[Cl-]. The average Bonchev–Trinajstić information content (AvgIpc) is 2.55. The fraction of sp³-hybridized carbons (Fsp3) is 0.857. The van der Waals surface area contributed by atoms with Gasteiger partial charge in [0.2, 0.25) is 0 Å². The number of hydrogen-bond donors (Lipinski definition) is 0. The molecule has 0 rings (SSSR count). The monoisotopic (exact) mass is 375 g/mol. The van der Waals surface area contributed by atoms with Crippen molar-refractivity contribution in [3.05, 3.63) is 12.7 Å². The number of unbranched alkanes of at least 4 members (excludes halogenated alkanes) is 11. The highest BCUT2D eigenvalue weighted by molar-refractivity contribution is 5.81. The maximum Gasteiger partial charge on any atom is 0.330 e. The summed E-state index contributed by atoms with van der Waals surface area (Å²) >= 11 is 0. The van der Waals surface area contributed by atoms with Crippen LogP contribution < -0.4 is 12.4 Å². The number of carbonyl (C=O) groups excluding carboxylic acids is 1. The van der Waals surface area contributed by atoms with Crippen molar-refractivity contribution in [1.82, 2.24) is 0 Å². The molecule has 0 radical (unpaired) electrons. The van der Waals surface area contributed by atoms with Crippen LogP contribution in [0.15, 0.2) is 12.7 Å². The molecule has 0 atom stereocenters. The molecule has 0 aromatic heterocycles. The zero-order chi connectivity index (χ0) is 18.1. The van der Waals surface area contributed by atoms with E-state index in [0.717, 1.165) is 17.6 Å². The van der Waals surface area contributed by atoms with E-state index in [1.165, 1.54) is 83.1 Å². The molecule has 0 N–H and O–H groups in total. The molecule has 0 amide bonds. The molecule has 4 heteroatoms. The van der Waals surface area contributed by atoms with Gasteiger partial charge in [-0.3, -0.25) is 0 Å². The van der Waals surface area contributed by atoms with Crippen molar-refractivity contribution < 1.29 is 26.4 Å². The zero-order valence-corrected chi connectivity index (χ0v) is 17.8. The lowest BCUT2D eigenvalue weighted by Crippen LogP contribution is -3.00. The van der Waals surface area contributed by atoms with Crippen molar-refractivity contribution in [2.75, 3.05) is 33.8 Å². The molecule has 0 saturated carbocycles. The van der Waals surface area contributed by atoms with Crippen LogP contribution in [0.2, 0.25) is 0 Å². The third-order valence-electron chi connectivity index (χ3n) is 4.72. The fourth-order valence-corrected chi connectivity index (χ4v) is 2.94. The molecule has 0 aromatic rings. The molecule has 0 unspecified atom stereocenters. The molecule has 0 spiro atoms. The van der Waals surface area contributed by atoms with Gasteiger partial charge in [-0.15, -0.1) is 0 Å². The van der Waals surface area contributed by atoms with Gasteiger partial charge in [0, 0.05) is 6.08 Å². The Morgan fingerprint density at radius 2 is 1.28 bits per heavy atom. The van der Waals surface area contributed by atoms with Crippen LogP contribution >= 0.6 is 0 Å². The second-order valence-electron chi connectivity index (χ2n) is 7.64. The Kier molecular flexibility index (Phi) is 19.5. The maximum atomic E-state index is 11.0. The molecule has 0 aliphatic rings. The predicted molar refractivity (Wildman–Crippen MR) is 104 cm³/mol. The summed E-state index contributed by atoms with van der Waals surface area (Å²) in [6.07, 6.45) is 17.9. The third-order valence-corrected chi connectivity index (χ3v) is 4.72. The number of hydrogen-bond acceptors (Lipinski definition) is 2. The van der Waals surface area contributed by atoms with Gasteiger partial charge < -0.3 is 21.6 Å². The smallest absolute Gasteiger partial charge is 0.330 e. The first kappa shape index (κ1) is 26.7. The van der Waals surface area contributed by atoms with E-state index in [2.05, 4.69) is 27.6 Å². The van der Waals surface area contributed by atoms with Gasteiger partial charge in [-0.1, -0.05) is 77.7 Å². The predicted octanol–water partition coefficient (Wildman–Crippen LogP) is 2.50. The number of carbonyl (C=O) groups is 1. The standard InChI is InChI=1S/C21H42NO2.ClH/c1-5-7-8-9-10-11-12-13-14-15-16-17-18-22(3,4)19-20-24-21(23)6-2;/h6H,2,5,7-20H2,1,3-4H3;1H/q+1;/p-1. The molecule has 25 heavy (non-hydrogen) atoms. The number of likely N-dealkylation sites (N-methyl/N-ethyl adjacent to an activating group) is 1. The largest absolute Gasteiger partial charge is 1.00 e. The highest BCUT2D eigenvalue weighted by Gasteiger charge is 2.14. The summed E-state index contributed by atoms with van der Waals surface area (Å²) in [5, 5.41) is 0. The Balaban J connectivity index is 0. The molecule has 0 saturated heterocycles. The van der Waals surface area contributed by atoms with Crippen LogP contribution in [0, 0.1) is 0 Å². The quantitative estimate of drug-likeness (QED) is 0.169. The highest BCUT2D eigenvalue weighted by Crippen LogP contribution is 2.12. The second-order valence-corrected chi connectivity index (χ2v) is 7.64. The highest BCUT2D eigenvalue weighted by atomic mass is 35.5. The minimum absolute atomic E-state index is 0. The van der Waals surface area contributed by atoms with Crippen molar-refractivity contribution in [1.29, 1.82) is 0 Å². The summed E-state index contributed by atoms with van der Waals surface area (Å²) in [5.74, 6) is -0.319. The van der Waals surface area contributed by atoms with Crippen molar-refractivity contribution in [2.45, 2.75) is 84.0 Å². The first-order valence-corrected chi connectivity index (χ1v) is 10.1. The molecule has 0 bridgehead atoms. The van der Waals surface area contributed by atoms with Crippen LogP contribution in [0.25, 0.3) is 0 Å². The number of ether oxygens (including phenoxy) is 1. The lowest BCUT2D eigenvalue weighted by Gasteiger charge is -2.29. The Hall–Kier alpha value is -0.540. The van der Waals surface area contributed by atoms with Crippen LogP contribution in [-0.4, -0.2) is 44.2 Å². The Morgan fingerprint density at radius 1 is 0.840 bits per heavy atom. The Morgan fingerprint density at radius 3 is 1.72 bits per heavy atom. The summed E-state index contributed by atoms with van der Waals surface area (Å²) in [4.78, 5) is 11.0. The molecule has 0 aliphatic heterocycles. The molecule has 3 nitrogen and oxygen atoms in total. The zero-order valence-electron chi connectivity index (χ0n) is 17.0. The number of quaternary nitrogens is 1. The first-order chi connectivity index (χ1) is 11.5. The van der Waals surface area contributed by atoms with Crippen LogP contribution in [0.4, 0.5) is 0 Å². The molecular weight excluding hydrogens is 334 g/mol. The van der Waals surface area contributed by atoms with E-state index in [1.54, 1.807) is 0 Å². The summed E-state index contributed by atoms with van der Waals surface area (Å²) < 4.78 is 5.99. The molecule has 0 aromatic carbocycles. The van der Waals surface area contributed by atoms with E-state index >= 15 is 0 Å². The Labute approximate surface area is 163 Å². The average molecular weight is 376 g/mol. The number of esters is 1. The van der Waals surface area contributed by atoms with E-state index in [-0.39, 0.29) is 18.4 Å². The van der Waals surface area contributed by atoms with Gasteiger partial charge in [0.15, 0.2) is 0 Å². The topological polar surface area (TPSA) is 26.3 Å². The van der Waals surface area contributed by atoms with Gasteiger partial charge in [0.25, 0.3) is 0 Å². The normalized spacial score (nSPS) is 11.0. The van der Waals surface area contributed by atoms with E-state index in [0.29, 0.717) is 6.61 Å². The van der Waals surface area contributed by atoms with E-state index in [1.807, 2.05) is 0 Å². The first-order valence-electron chi connectivity index (χ1n) is 10.1. The van der Waals surface area contributed by atoms with Gasteiger partial charge in [-0.2, -0.15) is 0 Å². The van der Waals surface area contributed by atoms with Gasteiger partial charge in [-0.25, -0.2) is 4.79 Å². The maximum absolute atomic E-state index is 11.0. The van der Waals surface area contributed by atoms with Crippen molar-refractivity contribution >= 4 is 5.97 Å². The van der Waals surface area contributed by atoms with Crippen molar-refractivity contribution in [3.63, 3.8) is 0 Å². The Bertz CT molecular complexity index is 319. The van der Waals surface area contributed by atoms with Gasteiger partial charge in [0.05, 0.1) is 20.6 Å². The molecule has 0 fully saturated rings. The van der Waals surface area contributed by atoms with E-state index < -0.39 is 0 Å². The molecule has 0 aliphatic carbocycles. The number of halogens is 1. The second kappa shape index (κ2) is 18.3. The van der Waals surface area contributed by atoms with E-state index in [9.17, 15) is 4.79 Å². The van der Waals surface area contributed by atoms with Gasteiger partial charge in [0.1, 0.15) is 13.2 Å². The number of rotatable bonds is 17. The summed E-state index contributed by atoms with van der Waals surface area (Å²) in [7, 11) is 4.42. The lowest BCUT2D eigenvalue weighted by atomic mass is 10.1.